The van der Waals surface area contributed by atoms with Crippen LogP contribution in [0.1, 0.15) is 45.5 Å². The molecule has 1 unspecified atom stereocenters. The lowest BCUT2D eigenvalue weighted by Gasteiger charge is -2.29. The van der Waals surface area contributed by atoms with Gasteiger partial charge in [0.15, 0.2) is 0 Å². The fraction of sp³-hybridized carbons (Fsp3) is 0.769. The highest BCUT2D eigenvalue weighted by atomic mass is 79.9. The lowest BCUT2D eigenvalue weighted by Crippen LogP contribution is -2.31. The van der Waals surface area contributed by atoms with Gasteiger partial charge in [0, 0.05) is 13.0 Å². The molecule has 0 saturated carbocycles. The first kappa shape index (κ1) is 14.7. The average Bonchev–Trinajstić information content (AvgIpc) is 2.56. The number of halogens is 1. The largest absolute Gasteiger partial charge is 0.392 e. The summed E-state index contributed by atoms with van der Waals surface area (Å²) < 4.78 is 3.00. The Morgan fingerprint density at radius 3 is 2.47 bits per heavy atom. The lowest BCUT2D eigenvalue weighted by atomic mass is 9.82. The minimum absolute atomic E-state index is 0.0593. The second-order valence-corrected chi connectivity index (χ2v) is 6.02. The molecule has 1 aromatic rings. The maximum absolute atomic E-state index is 10.3. The van der Waals surface area contributed by atoms with E-state index in [1.807, 2.05) is 11.6 Å². The van der Waals surface area contributed by atoms with Crippen LogP contribution in [0.5, 0.6) is 0 Å². The zero-order valence-electron chi connectivity index (χ0n) is 11.4. The zero-order chi connectivity index (χ0) is 13.2. The summed E-state index contributed by atoms with van der Waals surface area (Å²) in [6, 6.07) is 0. The Kier molecular flexibility index (Phi) is 4.78. The SMILES string of the molecule is CCn1nc(C)c(Br)c1CC(O)C(C)(C)CC. The van der Waals surface area contributed by atoms with Gasteiger partial charge in [0.1, 0.15) is 0 Å². The zero-order valence-corrected chi connectivity index (χ0v) is 13.0. The van der Waals surface area contributed by atoms with Gasteiger partial charge in [-0.2, -0.15) is 5.10 Å². The van der Waals surface area contributed by atoms with Gasteiger partial charge in [0.25, 0.3) is 0 Å². The first-order valence-corrected chi connectivity index (χ1v) is 7.02. The summed E-state index contributed by atoms with van der Waals surface area (Å²) in [7, 11) is 0. The molecule has 1 N–H and O–H groups in total. The Balaban J connectivity index is 2.95. The van der Waals surface area contributed by atoms with Crippen LogP contribution in [0.2, 0.25) is 0 Å². The summed E-state index contributed by atoms with van der Waals surface area (Å²) in [5, 5.41) is 14.8. The molecule has 1 rings (SSSR count). The molecular weight excluding hydrogens is 280 g/mol. The van der Waals surface area contributed by atoms with Gasteiger partial charge in [0.2, 0.25) is 0 Å². The van der Waals surface area contributed by atoms with Gasteiger partial charge in [-0.05, 0) is 41.6 Å². The molecule has 0 radical (unpaired) electrons. The standard InChI is InChI=1S/C13H23BrN2O/c1-6-13(4,5)11(17)8-10-12(14)9(3)15-16(10)7-2/h11,17H,6-8H2,1-5H3. The van der Waals surface area contributed by atoms with Crippen LogP contribution in [-0.4, -0.2) is 21.0 Å². The molecule has 0 aromatic carbocycles. The molecule has 1 aromatic heterocycles. The van der Waals surface area contributed by atoms with Crippen molar-refractivity contribution in [3.05, 3.63) is 15.9 Å². The third kappa shape index (κ3) is 3.10. The fourth-order valence-electron chi connectivity index (χ4n) is 1.76. The Morgan fingerprint density at radius 1 is 1.41 bits per heavy atom. The van der Waals surface area contributed by atoms with Gasteiger partial charge >= 0.3 is 0 Å². The van der Waals surface area contributed by atoms with E-state index in [9.17, 15) is 5.11 Å². The van der Waals surface area contributed by atoms with E-state index < -0.39 is 0 Å². The number of hydrogen-bond acceptors (Lipinski definition) is 2. The van der Waals surface area contributed by atoms with Crippen molar-refractivity contribution in [2.75, 3.05) is 0 Å². The molecular formula is C13H23BrN2O. The Morgan fingerprint density at radius 2 is 2.00 bits per heavy atom. The number of nitrogens with zero attached hydrogens (tertiary/aromatic N) is 2. The van der Waals surface area contributed by atoms with Crippen molar-refractivity contribution in [3.8, 4) is 0 Å². The highest BCUT2D eigenvalue weighted by molar-refractivity contribution is 9.10. The summed E-state index contributed by atoms with van der Waals surface area (Å²) in [6.07, 6.45) is 1.27. The third-order valence-electron chi connectivity index (χ3n) is 3.65. The first-order valence-electron chi connectivity index (χ1n) is 6.23. The molecule has 3 nitrogen and oxygen atoms in total. The van der Waals surface area contributed by atoms with Crippen LogP contribution < -0.4 is 0 Å². The van der Waals surface area contributed by atoms with Gasteiger partial charge in [-0.15, -0.1) is 0 Å². The monoisotopic (exact) mass is 302 g/mol. The molecule has 0 aliphatic rings. The van der Waals surface area contributed by atoms with Crippen LogP contribution in [0.3, 0.4) is 0 Å². The molecule has 1 atom stereocenters. The van der Waals surface area contributed by atoms with E-state index in [1.54, 1.807) is 0 Å². The van der Waals surface area contributed by atoms with Crippen molar-refractivity contribution in [2.24, 2.45) is 5.41 Å². The van der Waals surface area contributed by atoms with Crippen LogP contribution in [-0.2, 0) is 13.0 Å². The summed E-state index contributed by atoms with van der Waals surface area (Å²) in [6.45, 7) is 11.2. The van der Waals surface area contributed by atoms with E-state index in [-0.39, 0.29) is 11.5 Å². The maximum Gasteiger partial charge on any atom is 0.0738 e. The quantitative estimate of drug-likeness (QED) is 0.906. The van der Waals surface area contributed by atoms with Gasteiger partial charge < -0.3 is 5.11 Å². The van der Waals surface area contributed by atoms with Crippen LogP contribution in [0.15, 0.2) is 4.47 Å². The highest BCUT2D eigenvalue weighted by Crippen LogP contribution is 2.30. The molecule has 1 heterocycles. The summed E-state index contributed by atoms with van der Waals surface area (Å²) >= 11 is 3.56. The van der Waals surface area contributed by atoms with Gasteiger partial charge in [-0.3, -0.25) is 4.68 Å². The number of rotatable bonds is 5. The molecule has 4 heteroatoms. The number of aliphatic hydroxyl groups is 1. The van der Waals surface area contributed by atoms with Crippen LogP contribution in [0, 0.1) is 12.3 Å². The number of aromatic nitrogens is 2. The topological polar surface area (TPSA) is 38.0 Å². The minimum Gasteiger partial charge on any atom is -0.392 e. The number of aliphatic hydroxyl groups excluding tert-OH is 1. The van der Waals surface area contributed by atoms with Gasteiger partial charge in [-0.1, -0.05) is 20.8 Å². The predicted octanol–water partition coefficient (Wildman–Crippen LogP) is 3.31. The minimum atomic E-state index is -0.342. The van der Waals surface area contributed by atoms with Crippen molar-refractivity contribution in [2.45, 2.75) is 60.1 Å². The Labute approximate surface area is 112 Å². The van der Waals surface area contributed by atoms with Gasteiger partial charge in [-0.25, -0.2) is 0 Å². The number of aryl methyl sites for hydroxylation is 2. The summed E-state index contributed by atoms with van der Waals surface area (Å²) in [4.78, 5) is 0. The van der Waals surface area contributed by atoms with E-state index in [2.05, 4.69) is 48.7 Å². The third-order valence-corrected chi connectivity index (χ3v) is 4.68. The van der Waals surface area contributed by atoms with E-state index in [0.29, 0.717) is 6.42 Å². The average molecular weight is 303 g/mol. The normalized spacial score (nSPS) is 14.1. The van der Waals surface area contributed by atoms with Crippen molar-refractivity contribution >= 4 is 15.9 Å². The van der Waals surface area contributed by atoms with E-state index >= 15 is 0 Å². The van der Waals surface area contributed by atoms with Crippen molar-refractivity contribution in [3.63, 3.8) is 0 Å². The van der Waals surface area contributed by atoms with E-state index in [4.69, 9.17) is 0 Å². The predicted molar refractivity (Wildman–Crippen MR) is 74.1 cm³/mol. The molecule has 0 bridgehead atoms. The van der Waals surface area contributed by atoms with Crippen LogP contribution in [0.4, 0.5) is 0 Å². The molecule has 0 amide bonds. The molecule has 17 heavy (non-hydrogen) atoms. The van der Waals surface area contributed by atoms with E-state index in [1.165, 1.54) is 0 Å². The van der Waals surface area contributed by atoms with Crippen molar-refractivity contribution < 1.29 is 5.11 Å². The van der Waals surface area contributed by atoms with Crippen LogP contribution in [0.25, 0.3) is 0 Å². The van der Waals surface area contributed by atoms with Crippen molar-refractivity contribution in [1.29, 1.82) is 0 Å². The molecule has 0 aliphatic carbocycles. The summed E-state index contributed by atoms with van der Waals surface area (Å²) in [5.74, 6) is 0. The molecule has 0 saturated heterocycles. The lowest BCUT2D eigenvalue weighted by molar-refractivity contribution is 0.0462. The second-order valence-electron chi connectivity index (χ2n) is 5.22. The molecule has 0 aliphatic heterocycles. The highest BCUT2D eigenvalue weighted by Gasteiger charge is 2.28. The molecule has 98 valence electrons. The first-order chi connectivity index (χ1) is 7.83. The Hall–Kier alpha value is -0.350. The van der Waals surface area contributed by atoms with Crippen LogP contribution >= 0.6 is 15.9 Å². The smallest absolute Gasteiger partial charge is 0.0738 e. The van der Waals surface area contributed by atoms with Gasteiger partial charge in [0.05, 0.1) is 22.0 Å². The maximum atomic E-state index is 10.3. The molecule has 0 fully saturated rings. The summed E-state index contributed by atoms with van der Waals surface area (Å²) in [5.41, 5.74) is 2.03. The fourth-order valence-corrected chi connectivity index (χ4v) is 2.20. The Bertz CT molecular complexity index is 385. The number of hydrogen-bond donors (Lipinski definition) is 1. The van der Waals surface area contributed by atoms with Crippen molar-refractivity contribution in [1.82, 2.24) is 9.78 Å². The molecule has 0 spiro atoms. The second kappa shape index (κ2) is 5.53. The van der Waals surface area contributed by atoms with E-state index in [0.717, 1.165) is 28.8 Å².